The summed E-state index contributed by atoms with van der Waals surface area (Å²) in [6.45, 7) is 13.5. The molecule has 0 heterocycles. The number of carbonyl (C=O) groups is 1. The minimum absolute atomic E-state index is 0.0935. The Kier molecular flexibility index (Phi) is 19.2. The van der Waals surface area contributed by atoms with Crippen LogP contribution in [-0.2, 0) is 9.53 Å². The average Bonchev–Trinajstić information content (AvgIpc) is 2.74. The fraction of sp³-hybridized carbons (Fsp3) is 0.731. The van der Waals surface area contributed by atoms with E-state index in [0.717, 1.165) is 45.2 Å². The van der Waals surface area contributed by atoms with Crippen molar-refractivity contribution in [2.75, 3.05) is 45.9 Å². The van der Waals surface area contributed by atoms with Crippen LogP contribution in [0.15, 0.2) is 37.0 Å². The number of carbonyl (C=O) groups excluding carboxylic acids is 1. The fourth-order valence-electron chi connectivity index (χ4n) is 3.33. The molecule has 0 bridgehead atoms. The first kappa shape index (κ1) is 30.5. The third kappa shape index (κ3) is 18.1. The maximum absolute atomic E-state index is 12.1. The van der Waals surface area contributed by atoms with E-state index in [2.05, 4.69) is 43.1 Å². The van der Waals surface area contributed by atoms with Crippen molar-refractivity contribution in [1.29, 1.82) is 0 Å². The van der Waals surface area contributed by atoms with Crippen LogP contribution in [0, 0.1) is 5.92 Å². The van der Waals surface area contributed by atoms with Crippen LogP contribution in [0.2, 0.25) is 0 Å². The molecule has 3 N–H and O–H groups in total. The van der Waals surface area contributed by atoms with Crippen LogP contribution in [0.25, 0.3) is 0 Å². The van der Waals surface area contributed by atoms with E-state index in [4.69, 9.17) is 14.9 Å². The Bertz CT molecular complexity index is 526. The molecule has 1 atom stereocenters. The molecular formula is C26H48N2O4. The molecule has 0 aromatic rings. The van der Waals surface area contributed by atoms with Crippen molar-refractivity contribution in [2.45, 2.75) is 71.3 Å². The highest BCUT2D eigenvalue weighted by Gasteiger charge is 2.21. The molecule has 1 unspecified atom stereocenters. The maximum atomic E-state index is 12.1. The van der Waals surface area contributed by atoms with Gasteiger partial charge in [-0.2, -0.15) is 0 Å². The Balaban J connectivity index is 3.98. The molecular weight excluding hydrogens is 404 g/mol. The number of ether oxygens (including phenoxy) is 1. The number of nitrogens with one attached hydrogen (secondary N) is 1. The fourth-order valence-corrected chi connectivity index (χ4v) is 3.33. The van der Waals surface area contributed by atoms with Crippen LogP contribution in [-0.4, -0.2) is 72.6 Å². The molecule has 0 rings (SSSR count). The molecule has 186 valence electrons. The van der Waals surface area contributed by atoms with Crippen LogP contribution < -0.4 is 5.32 Å². The largest absolute Gasteiger partial charge is 0.459 e. The van der Waals surface area contributed by atoms with Gasteiger partial charge < -0.3 is 20.3 Å². The number of rotatable bonds is 21. The third-order valence-electron chi connectivity index (χ3n) is 5.21. The van der Waals surface area contributed by atoms with Gasteiger partial charge in [0.2, 0.25) is 0 Å². The molecule has 0 radical (unpaired) electrons. The summed E-state index contributed by atoms with van der Waals surface area (Å²) in [5.41, 5.74) is -0.510. The van der Waals surface area contributed by atoms with Gasteiger partial charge in [0.1, 0.15) is 5.60 Å². The lowest BCUT2D eigenvalue weighted by Crippen LogP contribution is -2.33. The van der Waals surface area contributed by atoms with Crippen molar-refractivity contribution in [3.05, 3.63) is 37.0 Å². The first-order valence-electron chi connectivity index (χ1n) is 12.2. The van der Waals surface area contributed by atoms with Crippen LogP contribution in [0.3, 0.4) is 0 Å². The number of aliphatic hydroxyl groups excluding tert-OH is 2. The van der Waals surface area contributed by atoms with Gasteiger partial charge in [0.05, 0.1) is 19.6 Å². The van der Waals surface area contributed by atoms with Gasteiger partial charge in [0.25, 0.3) is 0 Å². The van der Waals surface area contributed by atoms with Crippen molar-refractivity contribution in [2.24, 2.45) is 5.92 Å². The van der Waals surface area contributed by atoms with E-state index in [1.54, 1.807) is 0 Å². The molecule has 6 nitrogen and oxygen atoms in total. The molecule has 0 aromatic heterocycles. The Morgan fingerprint density at radius 1 is 1.09 bits per heavy atom. The summed E-state index contributed by atoms with van der Waals surface area (Å²) in [7, 11) is 0. The summed E-state index contributed by atoms with van der Waals surface area (Å²) in [4.78, 5) is 14.2. The zero-order valence-electron chi connectivity index (χ0n) is 20.7. The zero-order chi connectivity index (χ0) is 24.1. The first-order valence-corrected chi connectivity index (χ1v) is 12.2. The topological polar surface area (TPSA) is 82.0 Å². The van der Waals surface area contributed by atoms with Crippen LogP contribution >= 0.6 is 0 Å². The number of nitrogens with zero attached hydrogens (tertiary/aromatic N) is 1. The van der Waals surface area contributed by atoms with Gasteiger partial charge in [-0.05, 0) is 65.0 Å². The average molecular weight is 453 g/mol. The van der Waals surface area contributed by atoms with Gasteiger partial charge >= 0.3 is 5.97 Å². The molecule has 0 aliphatic carbocycles. The molecule has 32 heavy (non-hydrogen) atoms. The van der Waals surface area contributed by atoms with Crippen LogP contribution in [0.5, 0.6) is 0 Å². The highest BCUT2D eigenvalue weighted by molar-refractivity contribution is 5.70. The van der Waals surface area contributed by atoms with Crippen molar-refractivity contribution >= 4 is 5.97 Å². The predicted octanol–water partition coefficient (Wildman–Crippen LogP) is 3.85. The van der Waals surface area contributed by atoms with Crippen molar-refractivity contribution < 1.29 is 19.7 Å². The predicted molar refractivity (Wildman–Crippen MR) is 134 cm³/mol. The second kappa shape index (κ2) is 20.2. The van der Waals surface area contributed by atoms with Crippen molar-refractivity contribution in [3.63, 3.8) is 0 Å². The number of esters is 1. The van der Waals surface area contributed by atoms with E-state index in [9.17, 15) is 4.79 Å². The Morgan fingerprint density at radius 3 is 2.44 bits per heavy atom. The molecule has 0 saturated carbocycles. The summed E-state index contributed by atoms with van der Waals surface area (Å²) in [5.74, 6) is 0.320. The Labute approximate surface area is 196 Å². The lowest BCUT2D eigenvalue weighted by molar-refractivity contribution is -0.156. The van der Waals surface area contributed by atoms with Crippen LogP contribution in [0.4, 0.5) is 0 Å². The SMILES string of the molecule is C=CC(CC=CCC)CCC=CCC(C)(C)OC(=O)CCNCCCN(CCO)CCO. The zero-order valence-corrected chi connectivity index (χ0v) is 20.7. The van der Waals surface area contributed by atoms with Gasteiger partial charge in [0.15, 0.2) is 0 Å². The lowest BCUT2D eigenvalue weighted by Gasteiger charge is -2.24. The minimum Gasteiger partial charge on any atom is -0.459 e. The third-order valence-corrected chi connectivity index (χ3v) is 5.21. The molecule has 0 saturated heterocycles. The van der Waals surface area contributed by atoms with E-state index in [1.165, 1.54) is 0 Å². The minimum atomic E-state index is -0.510. The summed E-state index contributed by atoms with van der Waals surface area (Å²) >= 11 is 0. The molecule has 0 amide bonds. The lowest BCUT2D eigenvalue weighted by atomic mass is 9.98. The van der Waals surface area contributed by atoms with E-state index >= 15 is 0 Å². The van der Waals surface area contributed by atoms with Crippen molar-refractivity contribution in [1.82, 2.24) is 10.2 Å². The number of hydrogen-bond acceptors (Lipinski definition) is 6. The highest BCUT2D eigenvalue weighted by Crippen LogP contribution is 2.18. The standard InChI is InChI=1S/C26H48N2O4/c1-5-7-9-13-24(6-2)14-10-8-11-16-26(3,4)32-25(31)15-18-27-17-12-19-28(20-22-29)21-23-30/h6-9,11,24,27,29-30H,2,5,10,12-23H2,1,3-4H3. The Hall–Kier alpha value is -1.47. The first-order chi connectivity index (χ1) is 15.4. The number of allylic oxidation sites excluding steroid dienone is 4. The van der Waals surface area contributed by atoms with Gasteiger partial charge in [-0.3, -0.25) is 9.69 Å². The quantitative estimate of drug-likeness (QED) is 0.139. The molecule has 0 aliphatic heterocycles. The molecule has 0 spiro atoms. The summed E-state index contributed by atoms with van der Waals surface area (Å²) in [5, 5.41) is 21.3. The van der Waals surface area contributed by atoms with Crippen molar-refractivity contribution in [3.8, 4) is 0 Å². The smallest absolute Gasteiger partial charge is 0.307 e. The second-order valence-corrected chi connectivity index (χ2v) is 8.74. The molecule has 0 fully saturated rings. The monoisotopic (exact) mass is 452 g/mol. The van der Waals surface area contributed by atoms with Gasteiger partial charge in [-0.15, -0.1) is 6.58 Å². The van der Waals surface area contributed by atoms with Gasteiger partial charge in [-0.1, -0.05) is 37.3 Å². The molecule has 6 heteroatoms. The Morgan fingerprint density at radius 2 is 1.81 bits per heavy atom. The van der Waals surface area contributed by atoms with E-state index in [1.807, 2.05) is 24.8 Å². The van der Waals surface area contributed by atoms with E-state index < -0.39 is 5.60 Å². The summed E-state index contributed by atoms with van der Waals surface area (Å²) in [6, 6.07) is 0. The highest BCUT2D eigenvalue weighted by atomic mass is 16.6. The number of hydrogen-bond donors (Lipinski definition) is 3. The molecule has 0 aromatic carbocycles. The summed E-state index contributed by atoms with van der Waals surface area (Å²) < 4.78 is 5.64. The van der Waals surface area contributed by atoms with Crippen LogP contribution in [0.1, 0.15) is 65.7 Å². The summed E-state index contributed by atoms with van der Waals surface area (Å²) in [6.07, 6.45) is 16.9. The second-order valence-electron chi connectivity index (χ2n) is 8.74. The maximum Gasteiger partial charge on any atom is 0.307 e. The van der Waals surface area contributed by atoms with Gasteiger partial charge in [0, 0.05) is 26.1 Å². The van der Waals surface area contributed by atoms with Gasteiger partial charge in [-0.25, -0.2) is 0 Å². The van der Waals surface area contributed by atoms with E-state index in [0.29, 0.717) is 38.4 Å². The molecule has 0 aliphatic rings. The number of aliphatic hydroxyl groups is 2. The normalized spacial score (nSPS) is 13.3. The van der Waals surface area contributed by atoms with E-state index in [-0.39, 0.29) is 19.2 Å².